The molecule has 0 bridgehead atoms. The molecular formula is C20H21ClN4O2. The van der Waals surface area contributed by atoms with Gasteiger partial charge < -0.3 is 20.1 Å². The Bertz CT molecular complexity index is 960. The minimum Gasteiger partial charge on any atom is -0.454 e. The first-order valence-electron chi connectivity index (χ1n) is 9.05. The molecule has 1 aliphatic carbocycles. The first kappa shape index (κ1) is 17.7. The number of anilines is 3. The monoisotopic (exact) mass is 384 g/mol. The molecule has 140 valence electrons. The molecule has 2 N–H and O–H groups in total. The number of fused-ring (bicyclic) bond motifs is 2. The van der Waals surface area contributed by atoms with Crippen LogP contribution in [0.3, 0.4) is 0 Å². The molecule has 5 rings (SSSR count). The normalized spacial score (nSPS) is 15.6. The van der Waals surface area contributed by atoms with Crippen LogP contribution in [-0.2, 0) is 0 Å². The van der Waals surface area contributed by atoms with E-state index in [-0.39, 0.29) is 19.2 Å². The Morgan fingerprint density at radius 3 is 2.63 bits per heavy atom. The summed E-state index contributed by atoms with van der Waals surface area (Å²) < 4.78 is 10.8. The van der Waals surface area contributed by atoms with Gasteiger partial charge in [0, 0.05) is 23.2 Å². The van der Waals surface area contributed by atoms with E-state index in [2.05, 4.69) is 21.7 Å². The summed E-state index contributed by atoms with van der Waals surface area (Å²) in [7, 11) is 0. The zero-order chi connectivity index (χ0) is 17.3. The van der Waals surface area contributed by atoms with Crippen molar-refractivity contribution < 1.29 is 9.47 Å². The van der Waals surface area contributed by atoms with Crippen molar-refractivity contribution >= 4 is 40.8 Å². The van der Waals surface area contributed by atoms with Gasteiger partial charge in [0.15, 0.2) is 11.5 Å². The molecule has 0 saturated heterocycles. The highest BCUT2D eigenvalue weighted by atomic mass is 35.5. The Morgan fingerprint density at radius 1 is 0.926 bits per heavy atom. The summed E-state index contributed by atoms with van der Waals surface area (Å²) in [5.74, 6) is 2.97. The maximum atomic E-state index is 5.44. The second-order valence-electron chi connectivity index (χ2n) is 6.73. The summed E-state index contributed by atoms with van der Waals surface area (Å²) in [5, 5.41) is 7.96. The second-order valence-corrected chi connectivity index (χ2v) is 6.73. The van der Waals surface area contributed by atoms with Crippen molar-refractivity contribution in [3.8, 4) is 11.5 Å². The molecule has 6 nitrogen and oxygen atoms in total. The Hall–Kier alpha value is -2.73. The van der Waals surface area contributed by atoms with Crippen LogP contribution >= 0.6 is 12.4 Å². The second kappa shape index (κ2) is 7.48. The summed E-state index contributed by atoms with van der Waals surface area (Å²) in [5.41, 5.74) is 1.79. The van der Waals surface area contributed by atoms with Crippen LogP contribution in [0.1, 0.15) is 25.7 Å². The molecule has 1 fully saturated rings. The van der Waals surface area contributed by atoms with Crippen molar-refractivity contribution in [1.29, 1.82) is 0 Å². The number of ether oxygens (including phenoxy) is 2. The van der Waals surface area contributed by atoms with Crippen LogP contribution in [-0.4, -0.2) is 22.8 Å². The summed E-state index contributed by atoms with van der Waals surface area (Å²) >= 11 is 0. The first-order valence-corrected chi connectivity index (χ1v) is 9.05. The van der Waals surface area contributed by atoms with Crippen molar-refractivity contribution in [3.05, 3.63) is 42.5 Å². The van der Waals surface area contributed by atoms with Crippen molar-refractivity contribution in [2.75, 3.05) is 17.4 Å². The molecule has 0 unspecified atom stereocenters. The minimum atomic E-state index is 0. The first-order chi connectivity index (χ1) is 12.8. The molecule has 0 radical (unpaired) electrons. The number of rotatable bonds is 4. The Labute approximate surface area is 163 Å². The van der Waals surface area contributed by atoms with Gasteiger partial charge in [-0.1, -0.05) is 25.0 Å². The average molecular weight is 385 g/mol. The van der Waals surface area contributed by atoms with Crippen LogP contribution in [0.2, 0.25) is 0 Å². The lowest BCUT2D eigenvalue weighted by Gasteiger charge is -2.16. The minimum absolute atomic E-state index is 0. The van der Waals surface area contributed by atoms with Crippen molar-refractivity contribution in [2.24, 2.45) is 0 Å². The standard InChI is InChI=1S/C20H20N4O2.ClH/c1-2-6-13(5-1)21-19-15-7-3-4-8-16(15)23-20(24-19)22-14-9-10-17-18(11-14)26-12-25-17;/h3-4,7-11,13H,1-2,5-6,12H2,(H2,21,22,23,24);1H. The number of halogens is 1. The van der Waals surface area contributed by atoms with Crippen molar-refractivity contribution in [2.45, 2.75) is 31.7 Å². The van der Waals surface area contributed by atoms with Gasteiger partial charge in [0.2, 0.25) is 12.7 Å². The van der Waals surface area contributed by atoms with E-state index in [4.69, 9.17) is 14.5 Å². The summed E-state index contributed by atoms with van der Waals surface area (Å²) in [6.45, 7) is 0.265. The van der Waals surface area contributed by atoms with Crippen LogP contribution in [0.25, 0.3) is 10.9 Å². The van der Waals surface area contributed by atoms with Crippen molar-refractivity contribution in [1.82, 2.24) is 9.97 Å². The Kier molecular flexibility index (Phi) is 4.90. The number of hydrogen-bond donors (Lipinski definition) is 2. The molecule has 1 saturated carbocycles. The molecule has 0 amide bonds. The molecule has 2 aliphatic rings. The SMILES string of the molecule is Cl.c1ccc2c(NC3CCCC3)nc(Nc3ccc4c(c3)OCO4)nc2c1. The third kappa shape index (κ3) is 3.57. The van der Waals surface area contributed by atoms with Gasteiger partial charge in [0.25, 0.3) is 0 Å². The van der Waals surface area contributed by atoms with E-state index in [1.807, 2.05) is 36.4 Å². The topological polar surface area (TPSA) is 68.3 Å². The van der Waals surface area contributed by atoms with Gasteiger partial charge in [-0.05, 0) is 37.1 Å². The molecule has 0 spiro atoms. The molecule has 2 heterocycles. The number of hydrogen-bond acceptors (Lipinski definition) is 6. The van der Waals surface area contributed by atoms with E-state index in [9.17, 15) is 0 Å². The van der Waals surface area contributed by atoms with Crippen LogP contribution in [0, 0.1) is 0 Å². The molecule has 0 atom stereocenters. The van der Waals surface area contributed by atoms with E-state index in [1.165, 1.54) is 25.7 Å². The lowest BCUT2D eigenvalue weighted by atomic mass is 10.2. The van der Waals surface area contributed by atoms with Gasteiger partial charge in [-0.25, -0.2) is 4.98 Å². The molecule has 27 heavy (non-hydrogen) atoms. The average Bonchev–Trinajstić information content (AvgIpc) is 3.33. The predicted octanol–water partition coefficient (Wildman–Crippen LogP) is 4.88. The molecule has 1 aliphatic heterocycles. The van der Waals surface area contributed by atoms with Crippen LogP contribution < -0.4 is 20.1 Å². The highest BCUT2D eigenvalue weighted by Crippen LogP contribution is 2.35. The number of nitrogens with zero attached hydrogens (tertiary/aromatic N) is 2. The summed E-state index contributed by atoms with van der Waals surface area (Å²) in [6, 6.07) is 14.3. The smallest absolute Gasteiger partial charge is 0.231 e. The van der Waals surface area contributed by atoms with Crippen LogP contribution in [0.4, 0.5) is 17.5 Å². The zero-order valence-electron chi connectivity index (χ0n) is 14.8. The van der Waals surface area contributed by atoms with E-state index in [0.717, 1.165) is 33.9 Å². The van der Waals surface area contributed by atoms with Gasteiger partial charge in [-0.2, -0.15) is 4.98 Å². The Balaban J connectivity index is 0.00000180. The van der Waals surface area contributed by atoms with Gasteiger partial charge in [0.1, 0.15) is 5.82 Å². The number of aromatic nitrogens is 2. The van der Waals surface area contributed by atoms with Crippen LogP contribution in [0.15, 0.2) is 42.5 Å². The third-order valence-corrected chi connectivity index (χ3v) is 4.93. The van der Waals surface area contributed by atoms with E-state index < -0.39 is 0 Å². The molecular weight excluding hydrogens is 364 g/mol. The fraction of sp³-hybridized carbons (Fsp3) is 0.300. The van der Waals surface area contributed by atoms with E-state index in [0.29, 0.717) is 12.0 Å². The highest BCUT2D eigenvalue weighted by molar-refractivity contribution is 5.90. The fourth-order valence-corrected chi connectivity index (χ4v) is 3.61. The highest BCUT2D eigenvalue weighted by Gasteiger charge is 2.18. The maximum Gasteiger partial charge on any atom is 0.231 e. The molecule has 3 aromatic rings. The number of nitrogens with one attached hydrogen (secondary N) is 2. The number of benzene rings is 2. The van der Waals surface area contributed by atoms with Crippen molar-refractivity contribution in [3.63, 3.8) is 0 Å². The maximum absolute atomic E-state index is 5.44. The van der Waals surface area contributed by atoms with Gasteiger partial charge >= 0.3 is 0 Å². The lowest BCUT2D eigenvalue weighted by molar-refractivity contribution is 0.174. The molecule has 2 aromatic carbocycles. The lowest BCUT2D eigenvalue weighted by Crippen LogP contribution is -2.16. The summed E-state index contributed by atoms with van der Waals surface area (Å²) in [4.78, 5) is 9.41. The number of para-hydroxylation sites is 1. The Morgan fingerprint density at radius 2 is 1.74 bits per heavy atom. The predicted molar refractivity (Wildman–Crippen MR) is 109 cm³/mol. The molecule has 1 aromatic heterocycles. The fourth-order valence-electron chi connectivity index (χ4n) is 3.61. The third-order valence-electron chi connectivity index (χ3n) is 4.93. The van der Waals surface area contributed by atoms with Crippen LogP contribution in [0.5, 0.6) is 11.5 Å². The van der Waals surface area contributed by atoms with E-state index in [1.54, 1.807) is 0 Å². The van der Waals surface area contributed by atoms with E-state index >= 15 is 0 Å². The van der Waals surface area contributed by atoms with Gasteiger partial charge in [-0.3, -0.25) is 0 Å². The van der Waals surface area contributed by atoms with Gasteiger partial charge in [-0.15, -0.1) is 12.4 Å². The molecule has 7 heteroatoms. The summed E-state index contributed by atoms with van der Waals surface area (Å²) in [6.07, 6.45) is 4.96. The quantitative estimate of drug-likeness (QED) is 0.668. The van der Waals surface area contributed by atoms with Gasteiger partial charge in [0.05, 0.1) is 5.52 Å². The zero-order valence-corrected chi connectivity index (χ0v) is 15.6. The largest absolute Gasteiger partial charge is 0.454 e.